The van der Waals surface area contributed by atoms with Crippen molar-refractivity contribution in [2.45, 2.75) is 38.6 Å². The van der Waals surface area contributed by atoms with Gasteiger partial charge in [0.15, 0.2) is 0 Å². The molecule has 1 heterocycles. The van der Waals surface area contributed by atoms with Gasteiger partial charge in [-0.1, -0.05) is 32.8 Å². The fourth-order valence-electron chi connectivity index (χ4n) is 1.82. The summed E-state index contributed by atoms with van der Waals surface area (Å²) < 4.78 is 12.7. The summed E-state index contributed by atoms with van der Waals surface area (Å²) in [7, 11) is 0. The number of halogens is 2. The zero-order chi connectivity index (χ0) is 15.0. The van der Waals surface area contributed by atoms with E-state index in [1.807, 2.05) is 0 Å². The lowest BCUT2D eigenvalue weighted by Crippen LogP contribution is -2.36. The number of nitrogens with zero attached hydrogens (tertiary/aromatic N) is 1. The molecule has 0 bridgehead atoms. The van der Waals surface area contributed by atoms with Gasteiger partial charge in [-0.25, -0.2) is 4.98 Å². The Morgan fingerprint density at radius 1 is 1.50 bits per heavy atom. The number of pyridine rings is 1. The number of hydrogen-bond donors (Lipinski definition) is 1. The molecule has 1 N–H and O–H groups in total. The van der Waals surface area contributed by atoms with Crippen LogP contribution >= 0.6 is 11.6 Å². The number of alkyl halides is 1. The van der Waals surface area contributed by atoms with E-state index < -0.39 is 5.95 Å². The van der Waals surface area contributed by atoms with E-state index in [1.165, 1.54) is 12.3 Å². The average molecular weight is 299 g/mol. The molecular weight excluding hydrogens is 279 g/mol. The third-order valence-electron chi connectivity index (χ3n) is 3.06. The van der Waals surface area contributed by atoms with Crippen LogP contribution in [-0.2, 0) is 0 Å². The predicted molar refractivity (Wildman–Crippen MR) is 79.5 cm³/mol. The average Bonchev–Trinajstić information content (AvgIpc) is 2.46. The third-order valence-corrected chi connectivity index (χ3v) is 3.40. The first-order valence-corrected chi connectivity index (χ1v) is 7.28. The van der Waals surface area contributed by atoms with Crippen LogP contribution in [0.15, 0.2) is 30.5 Å². The summed E-state index contributed by atoms with van der Waals surface area (Å²) in [5.41, 5.74) is 1.11. The van der Waals surface area contributed by atoms with E-state index >= 15 is 0 Å². The van der Waals surface area contributed by atoms with Gasteiger partial charge in [-0.3, -0.25) is 4.79 Å². The van der Waals surface area contributed by atoms with E-state index in [4.69, 9.17) is 11.6 Å². The molecule has 0 aliphatic carbocycles. The van der Waals surface area contributed by atoms with Gasteiger partial charge in [0.1, 0.15) is 0 Å². The number of carbonyl (C=O) groups excluding carboxylic acids is 1. The monoisotopic (exact) mass is 298 g/mol. The summed E-state index contributed by atoms with van der Waals surface area (Å²) in [6.07, 6.45) is 5.23. The minimum absolute atomic E-state index is 0.156. The highest BCUT2D eigenvalue weighted by Gasteiger charge is 2.16. The van der Waals surface area contributed by atoms with Crippen LogP contribution in [0.3, 0.4) is 0 Å². The SMILES string of the molecule is C=C(CCl)[C@H](CCCCC)NC(=O)c1ccc(F)nc1. The maximum atomic E-state index is 12.7. The highest BCUT2D eigenvalue weighted by atomic mass is 35.5. The molecule has 0 unspecified atom stereocenters. The van der Waals surface area contributed by atoms with Crippen molar-refractivity contribution in [2.24, 2.45) is 0 Å². The first-order valence-electron chi connectivity index (χ1n) is 6.74. The Labute approximate surface area is 124 Å². The van der Waals surface area contributed by atoms with Gasteiger partial charge in [-0.05, 0) is 24.1 Å². The molecule has 3 nitrogen and oxygen atoms in total. The van der Waals surface area contributed by atoms with E-state index in [2.05, 4.69) is 23.8 Å². The molecule has 1 amide bonds. The fraction of sp³-hybridized carbons (Fsp3) is 0.467. The second kappa shape index (κ2) is 8.69. The molecule has 0 aliphatic heterocycles. The van der Waals surface area contributed by atoms with Crippen molar-refractivity contribution in [3.8, 4) is 0 Å². The third kappa shape index (κ3) is 5.29. The maximum absolute atomic E-state index is 12.7. The van der Waals surface area contributed by atoms with Crippen molar-refractivity contribution in [1.82, 2.24) is 10.3 Å². The number of unbranched alkanes of at least 4 members (excludes halogenated alkanes) is 2. The summed E-state index contributed by atoms with van der Waals surface area (Å²) in [6.45, 7) is 6.01. The van der Waals surface area contributed by atoms with E-state index in [1.54, 1.807) is 0 Å². The smallest absolute Gasteiger partial charge is 0.253 e. The number of amides is 1. The van der Waals surface area contributed by atoms with Crippen LogP contribution in [0, 0.1) is 5.95 Å². The summed E-state index contributed by atoms with van der Waals surface area (Å²) in [5, 5.41) is 2.88. The fourth-order valence-corrected chi connectivity index (χ4v) is 2.01. The highest BCUT2D eigenvalue weighted by Crippen LogP contribution is 2.12. The van der Waals surface area contributed by atoms with Crippen LogP contribution in [0.2, 0.25) is 0 Å². The molecule has 20 heavy (non-hydrogen) atoms. The van der Waals surface area contributed by atoms with Crippen molar-refractivity contribution in [1.29, 1.82) is 0 Å². The zero-order valence-electron chi connectivity index (χ0n) is 11.7. The van der Waals surface area contributed by atoms with Crippen LogP contribution in [0.1, 0.15) is 43.0 Å². The number of rotatable bonds is 8. The van der Waals surface area contributed by atoms with Gasteiger partial charge in [0.25, 0.3) is 5.91 Å². The van der Waals surface area contributed by atoms with Crippen molar-refractivity contribution in [3.63, 3.8) is 0 Å². The normalized spacial score (nSPS) is 11.9. The molecule has 1 atom stereocenters. The van der Waals surface area contributed by atoms with Gasteiger partial charge in [0.05, 0.1) is 11.6 Å². The van der Waals surface area contributed by atoms with E-state index in [9.17, 15) is 9.18 Å². The second-order valence-corrected chi connectivity index (χ2v) is 4.95. The van der Waals surface area contributed by atoms with Crippen molar-refractivity contribution < 1.29 is 9.18 Å². The first kappa shape index (κ1) is 16.6. The van der Waals surface area contributed by atoms with Crippen LogP contribution in [0.25, 0.3) is 0 Å². The summed E-state index contributed by atoms with van der Waals surface area (Å²) in [6, 6.07) is 2.42. The van der Waals surface area contributed by atoms with E-state index in [0.717, 1.165) is 37.3 Å². The number of aromatic nitrogens is 1. The zero-order valence-corrected chi connectivity index (χ0v) is 12.4. The van der Waals surface area contributed by atoms with Crippen molar-refractivity contribution in [3.05, 3.63) is 42.0 Å². The highest BCUT2D eigenvalue weighted by molar-refractivity contribution is 6.19. The maximum Gasteiger partial charge on any atom is 0.253 e. The first-order chi connectivity index (χ1) is 9.58. The van der Waals surface area contributed by atoms with Crippen LogP contribution in [0.5, 0.6) is 0 Å². The second-order valence-electron chi connectivity index (χ2n) is 4.68. The lowest BCUT2D eigenvalue weighted by atomic mass is 10.0. The minimum Gasteiger partial charge on any atom is -0.345 e. The van der Waals surface area contributed by atoms with Crippen LogP contribution in [-0.4, -0.2) is 22.8 Å². The molecule has 1 aromatic heterocycles. The Morgan fingerprint density at radius 2 is 2.25 bits per heavy atom. The number of nitrogens with one attached hydrogen (secondary N) is 1. The standard InChI is InChI=1S/C15H20ClFN2O/c1-3-4-5-6-13(11(2)9-16)19-15(20)12-7-8-14(17)18-10-12/h7-8,10,13H,2-6,9H2,1H3,(H,19,20)/t13-/m0/s1. The molecule has 110 valence electrons. The molecule has 0 saturated carbocycles. The Morgan fingerprint density at radius 3 is 2.80 bits per heavy atom. The molecule has 0 radical (unpaired) electrons. The quantitative estimate of drug-likeness (QED) is 0.344. The topological polar surface area (TPSA) is 42.0 Å². The Hall–Kier alpha value is -1.42. The largest absolute Gasteiger partial charge is 0.345 e. The summed E-state index contributed by atoms with van der Waals surface area (Å²) in [4.78, 5) is 15.5. The predicted octanol–water partition coefficient (Wildman–Crippen LogP) is 3.69. The molecule has 1 aromatic rings. The van der Waals surface area contributed by atoms with Crippen LogP contribution in [0.4, 0.5) is 4.39 Å². The Balaban J connectivity index is 2.65. The molecule has 0 fully saturated rings. The van der Waals surface area contributed by atoms with Crippen molar-refractivity contribution >= 4 is 17.5 Å². The van der Waals surface area contributed by atoms with Crippen LogP contribution < -0.4 is 5.32 Å². The summed E-state index contributed by atoms with van der Waals surface area (Å²) >= 11 is 5.80. The molecular formula is C15H20ClFN2O. The lowest BCUT2D eigenvalue weighted by molar-refractivity contribution is 0.0940. The van der Waals surface area contributed by atoms with Crippen molar-refractivity contribution in [2.75, 3.05) is 5.88 Å². The van der Waals surface area contributed by atoms with Gasteiger partial charge < -0.3 is 5.32 Å². The van der Waals surface area contributed by atoms with Gasteiger partial charge >= 0.3 is 0 Å². The van der Waals surface area contributed by atoms with Gasteiger partial charge in [-0.15, -0.1) is 11.6 Å². The van der Waals surface area contributed by atoms with Gasteiger partial charge in [0, 0.05) is 12.1 Å². The minimum atomic E-state index is -0.605. The molecule has 0 spiro atoms. The molecule has 1 rings (SSSR count). The van der Waals surface area contributed by atoms with Gasteiger partial charge in [-0.2, -0.15) is 4.39 Å². The lowest BCUT2D eigenvalue weighted by Gasteiger charge is -2.20. The summed E-state index contributed by atoms with van der Waals surface area (Å²) in [5.74, 6) is -0.588. The number of hydrogen-bond acceptors (Lipinski definition) is 2. The number of carbonyl (C=O) groups is 1. The van der Waals surface area contributed by atoms with E-state index in [0.29, 0.717) is 11.4 Å². The Kier molecular flexibility index (Phi) is 7.23. The van der Waals surface area contributed by atoms with E-state index in [-0.39, 0.29) is 11.9 Å². The molecule has 0 saturated heterocycles. The Bertz CT molecular complexity index is 448. The van der Waals surface area contributed by atoms with Gasteiger partial charge in [0.2, 0.25) is 5.95 Å². The molecule has 5 heteroatoms. The molecule has 0 aromatic carbocycles. The molecule has 0 aliphatic rings.